The van der Waals surface area contributed by atoms with Gasteiger partial charge in [-0.3, -0.25) is 0 Å². The SMILES string of the molecule is COc1ccc(S(=O)(=O)N2CCN(c3cc(-n4cccn4)ncn3)CC2)c(C)c1C. The van der Waals surface area contributed by atoms with Crippen LogP contribution in [0.4, 0.5) is 5.82 Å². The number of piperazine rings is 1. The van der Waals surface area contributed by atoms with Crippen LogP contribution in [0.3, 0.4) is 0 Å². The van der Waals surface area contributed by atoms with E-state index in [1.807, 2.05) is 32.2 Å². The fraction of sp³-hybridized carbons (Fsp3) is 0.350. The van der Waals surface area contributed by atoms with Gasteiger partial charge in [-0.2, -0.15) is 9.40 Å². The minimum Gasteiger partial charge on any atom is -0.496 e. The number of aromatic nitrogens is 4. The molecule has 158 valence electrons. The van der Waals surface area contributed by atoms with Crippen LogP contribution >= 0.6 is 0 Å². The van der Waals surface area contributed by atoms with E-state index >= 15 is 0 Å². The molecule has 1 aliphatic rings. The van der Waals surface area contributed by atoms with Crippen molar-refractivity contribution in [3.8, 4) is 11.6 Å². The number of rotatable bonds is 5. The van der Waals surface area contributed by atoms with Crippen molar-refractivity contribution in [3.05, 3.63) is 54.1 Å². The zero-order chi connectivity index (χ0) is 21.3. The van der Waals surface area contributed by atoms with E-state index < -0.39 is 10.0 Å². The Hall–Kier alpha value is -2.98. The molecule has 0 unspecified atom stereocenters. The van der Waals surface area contributed by atoms with Crippen molar-refractivity contribution in [2.75, 3.05) is 38.2 Å². The number of anilines is 1. The normalized spacial score (nSPS) is 15.4. The smallest absolute Gasteiger partial charge is 0.243 e. The molecule has 10 heteroatoms. The molecular formula is C20H24N6O3S. The van der Waals surface area contributed by atoms with E-state index in [2.05, 4.69) is 20.0 Å². The van der Waals surface area contributed by atoms with Crippen LogP contribution in [0.25, 0.3) is 5.82 Å². The summed E-state index contributed by atoms with van der Waals surface area (Å²) in [6.07, 6.45) is 5.00. The van der Waals surface area contributed by atoms with Crippen molar-refractivity contribution < 1.29 is 13.2 Å². The standard InChI is InChI=1S/C20H24N6O3S/c1-15-16(2)18(6-5-17(15)29-3)30(27,28)25-11-9-24(10-12-25)19-13-20(22-14-21-19)26-8-4-7-23-26/h4-8,13-14H,9-12H2,1-3H3. The Bertz CT molecular complexity index is 1140. The van der Waals surface area contributed by atoms with Gasteiger partial charge in [-0.25, -0.2) is 23.1 Å². The van der Waals surface area contributed by atoms with Crippen LogP contribution in [0.1, 0.15) is 11.1 Å². The highest BCUT2D eigenvalue weighted by Gasteiger charge is 2.31. The van der Waals surface area contributed by atoms with Gasteiger partial charge in [0, 0.05) is 44.6 Å². The molecule has 0 radical (unpaired) electrons. The number of hydrogen-bond acceptors (Lipinski definition) is 7. The Morgan fingerprint density at radius 3 is 2.40 bits per heavy atom. The number of methoxy groups -OCH3 is 1. The topological polar surface area (TPSA) is 93.5 Å². The minimum absolute atomic E-state index is 0.331. The predicted molar refractivity (Wildman–Crippen MR) is 113 cm³/mol. The predicted octanol–water partition coefficient (Wildman–Crippen LogP) is 1.80. The van der Waals surface area contributed by atoms with Crippen LogP contribution in [-0.2, 0) is 10.0 Å². The van der Waals surface area contributed by atoms with Gasteiger partial charge in [0.15, 0.2) is 5.82 Å². The van der Waals surface area contributed by atoms with Crippen molar-refractivity contribution >= 4 is 15.8 Å². The maximum atomic E-state index is 13.2. The van der Waals surface area contributed by atoms with Crippen LogP contribution in [0, 0.1) is 13.8 Å². The lowest BCUT2D eigenvalue weighted by atomic mass is 10.1. The van der Waals surface area contributed by atoms with Crippen LogP contribution in [0.5, 0.6) is 5.75 Å². The number of hydrogen-bond donors (Lipinski definition) is 0. The Labute approximate surface area is 176 Å². The molecule has 0 spiro atoms. The van der Waals surface area contributed by atoms with E-state index in [4.69, 9.17) is 4.74 Å². The van der Waals surface area contributed by atoms with Crippen molar-refractivity contribution in [2.24, 2.45) is 0 Å². The van der Waals surface area contributed by atoms with Crippen LogP contribution in [-0.4, -0.2) is 65.8 Å². The fourth-order valence-corrected chi connectivity index (χ4v) is 5.31. The molecule has 1 aliphatic heterocycles. The summed E-state index contributed by atoms with van der Waals surface area (Å²) in [6, 6.07) is 7.02. The van der Waals surface area contributed by atoms with Crippen LogP contribution < -0.4 is 9.64 Å². The third-order valence-electron chi connectivity index (χ3n) is 5.47. The number of ether oxygens (including phenoxy) is 1. The summed E-state index contributed by atoms with van der Waals surface area (Å²) >= 11 is 0. The quantitative estimate of drug-likeness (QED) is 0.612. The molecule has 1 aromatic carbocycles. The van der Waals surface area contributed by atoms with E-state index in [0.29, 0.717) is 42.6 Å². The Morgan fingerprint density at radius 2 is 1.73 bits per heavy atom. The molecule has 0 aliphatic carbocycles. The first-order valence-electron chi connectivity index (χ1n) is 9.63. The molecule has 0 amide bonds. The van der Waals surface area contributed by atoms with Crippen LogP contribution in [0.2, 0.25) is 0 Å². The second-order valence-electron chi connectivity index (χ2n) is 7.09. The highest BCUT2D eigenvalue weighted by atomic mass is 32.2. The molecular weight excluding hydrogens is 404 g/mol. The second-order valence-corrected chi connectivity index (χ2v) is 9.00. The van der Waals surface area contributed by atoms with Gasteiger partial charge in [-0.1, -0.05) is 0 Å². The van der Waals surface area contributed by atoms with E-state index in [0.717, 1.165) is 16.9 Å². The molecule has 0 bridgehead atoms. The molecule has 30 heavy (non-hydrogen) atoms. The van der Waals surface area contributed by atoms with E-state index in [9.17, 15) is 8.42 Å². The lowest BCUT2D eigenvalue weighted by molar-refractivity contribution is 0.383. The molecule has 0 N–H and O–H groups in total. The maximum absolute atomic E-state index is 13.2. The maximum Gasteiger partial charge on any atom is 0.243 e. The van der Waals surface area contributed by atoms with Crippen molar-refractivity contribution in [3.63, 3.8) is 0 Å². The summed E-state index contributed by atoms with van der Waals surface area (Å²) in [5, 5.41) is 4.19. The molecule has 2 aromatic heterocycles. The summed E-state index contributed by atoms with van der Waals surface area (Å²) in [6.45, 7) is 5.55. The molecule has 1 saturated heterocycles. The summed E-state index contributed by atoms with van der Waals surface area (Å²) in [7, 11) is -2.00. The third kappa shape index (κ3) is 3.63. The summed E-state index contributed by atoms with van der Waals surface area (Å²) < 4.78 is 35.0. The highest BCUT2D eigenvalue weighted by molar-refractivity contribution is 7.89. The largest absolute Gasteiger partial charge is 0.496 e. The number of sulfonamides is 1. The molecule has 4 rings (SSSR count). The summed E-state index contributed by atoms with van der Waals surface area (Å²) in [5.74, 6) is 2.11. The molecule has 0 atom stereocenters. The molecule has 9 nitrogen and oxygen atoms in total. The summed E-state index contributed by atoms with van der Waals surface area (Å²) in [4.78, 5) is 11.0. The average Bonchev–Trinajstić information content (AvgIpc) is 3.31. The zero-order valence-corrected chi connectivity index (χ0v) is 18.0. The molecule has 3 aromatic rings. The van der Waals surface area contributed by atoms with Gasteiger partial charge < -0.3 is 9.64 Å². The monoisotopic (exact) mass is 428 g/mol. The zero-order valence-electron chi connectivity index (χ0n) is 17.2. The van der Waals surface area contributed by atoms with Gasteiger partial charge in [0.1, 0.15) is 17.9 Å². The van der Waals surface area contributed by atoms with Crippen molar-refractivity contribution in [2.45, 2.75) is 18.7 Å². The molecule has 0 saturated carbocycles. The first-order valence-corrected chi connectivity index (χ1v) is 11.1. The first-order chi connectivity index (χ1) is 14.4. The molecule has 3 heterocycles. The lowest BCUT2D eigenvalue weighted by Gasteiger charge is -2.35. The van der Waals surface area contributed by atoms with Gasteiger partial charge in [-0.15, -0.1) is 0 Å². The third-order valence-corrected chi connectivity index (χ3v) is 7.51. The first kappa shape index (κ1) is 20.3. The fourth-order valence-electron chi connectivity index (χ4n) is 3.61. The van der Waals surface area contributed by atoms with Crippen LogP contribution in [0.15, 0.2) is 47.9 Å². The van der Waals surface area contributed by atoms with E-state index in [1.165, 1.54) is 10.6 Å². The Kier molecular flexibility index (Phi) is 5.44. The lowest BCUT2D eigenvalue weighted by Crippen LogP contribution is -2.49. The minimum atomic E-state index is -3.59. The number of nitrogens with zero attached hydrogens (tertiary/aromatic N) is 6. The second kappa shape index (κ2) is 8.04. The number of benzene rings is 1. The Balaban J connectivity index is 1.51. The Morgan fingerprint density at radius 1 is 1.00 bits per heavy atom. The highest BCUT2D eigenvalue weighted by Crippen LogP contribution is 2.29. The molecule has 1 fully saturated rings. The van der Waals surface area contributed by atoms with Crippen molar-refractivity contribution in [1.29, 1.82) is 0 Å². The van der Waals surface area contributed by atoms with Gasteiger partial charge >= 0.3 is 0 Å². The van der Waals surface area contributed by atoms with Gasteiger partial charge in [0.05, 0.1) is 12.0 Å². The van der Waals surface area contributed by atoms with E-state index in [1.54, 1.807) is 30.1 Å². The van der Waals surface area contributed by atoms with Gasteiger partial charge in [0.25, 0.3) is 0 Å². The average molecular weight is 429 g/mol. The van der Waals surface area contributed by atoms with E-state index in [-0.39, 0.29) is 0 Å². The van der Waals surface area contributed by atoms with Gasteiger partial charge in [0.2, 0.25) is 10.0 Å². The van der Waals surface area contributed by atoms with Crippen molar-refractivity contribution in [1.82, 2.24) is 24.1 Å². The summed E-state index contributed by atoms with van der Waals surface area (Å²) in [5.41, 5.74) is 1.56. The van der Waals surface area contributed by atoms with Gasteiger partial charge in [-0.05, 0) is 43.2 Å².